The molecule has 13 heteroatoms. The van der Waals surface area contributed by atoms with Crippen LogP contribution in [0.1, 0.15) is 18.9 Å². The van der Waals surface area contributed by atoms with Crippen molar-refractivity contribution in [2.24, 2.45) is 0 Å². The Morgan fingerprint density at radius 3 is 2.47 bits per heavy atom. The van der Waals surface area contributed by atoms with E-state index < -0.39 is 10.2 Å². The molecule has 0 amide bonds. The molecule has 0 bridgehead atoms. The van der Waals surface area contributed by atoms with Crippen molar-refractivity contribution < 1.29 is 13.2 Å². The molecule has 2 aromatic rings. The van der Waals surface area contributed by atoms with Gasteiger partial charge < -0.3 is 20.3 Å². The number of fused-ring (bicyclic) bond motifs is 1. The van der Waals surface area contributed by atoms with Crippen LogP contribution in [-0.4, -0.2) is 102 Å². The van der Waals surface area contributed by atoms with E-state index in [2.05, 4.69) is 26.7 Å². The van der Waals surface area contributed by atoms with E-state index in [0.29, 0.717) is 51.9 Å². The highest BCUT2D eigenvalue weighted by Gasteiger charge is 2.45. The fourth-order valence-corrected chi connectivity index (χ4v) is 6.72. The molecule has 1 atom stereocenters. The first-order valence-corrected chi connectivity index (χ1v) is 13.2. The van der Waals surface area contributed by atoms with Gasteiger partial charge in [0.15, 0.2) is 0 Å². The van der Waals surface area contributed by atoms with Gasteiger partial charge in [0.1, 0.15) is 5.82 Å². The minimum atomic E-state index is -3.34. The van der Waals surface area contributed by atoms with Gasteiger partial charge in [0.2, 0.25) is 11.9 Å². The van der Waals surface area contributed by atoms with Gasteiger partial charge in [-0.3, -0.25) is 0 Å². The molecule has 4 aliphatic rings. The van der Waals surface area contributed by atoms with Gasteiger partial charge in [-0.2, -0.15) is 22.0 Å². The van der Waals surface area contributed by atoms with E-state index in [1.54, 1.807) is 21.0 Å². The number of nitrogen functional groups attached to an aromatic ring is 1. The van der Waals surface area contributed by atoms with Crippen molar-refractivity contribution in [2.45, 2.75) is 31.8 Å². The van der Waals surface area contributed by atoms with Gasteiger partial charge in [-0.25, -0.2) is 15.0 Å². The van der Waals surface area contributed by atoms with Crippen molar-refractivity contribution in [3.63, 3.8) is 0 Å². The summed E-state index contributed by atoms with van der Waals surface area (Å²) >= 11 is 0. The highest BCUT2D eigenvalue weighted by molar-refractivity contribution is 7.86. The second-order valence-electron chi connectivity index (χ2n) is 9.30. The zero-order valence-corrected chi connectivity index (χ0v) is 20.0. The predicted molar refractivity (Wildman–Crippen MR) is 127 cm³/mol. The van der Waals surface area contributed by atoms with Crippen LogP contribution in [0.25, 0.3) is 11.3 Å². The third kappa shape index (κ3) is 3.58. The summed E-state index contributed by atoms with van der Waals surface area (Å²) in [5.41, 5.74) is 8.36. The van der Waals surface area contributed by atoms with Gasteiger partial charge in [0.05, 0.1) is 31.0 Å². The summed E-state index contributed by atoms with van der Waals surface area (Å²) in [4.78, 5) is 22.7. The Morgan fingerprint density at radius 2 is 1.79 bits per heavy atom. The summed E-state index contributed by atoms with van der Waals surface area (Å²) in [6.45, 7) is 7.04. The van der Waals surface area contributed by atoms with Crippen LogP contribution in [0, 0.1) is 0 Å². The van der Waals surface area contributed by atoms with Crippen LogP contribution in [0.4, 0.5) is 17.7 Å². The molecule has 0 unspecified atom stereocenters. The lowest BCUT2D eigenvalue weighted by atomic mass is 10.1. The van der Waals surface area contributed by atoms with Crippen LogP contribution in [0.2, 0.25) is 0 Å². The van der Waals surface area contributed by atoms with Crippen LogP contribution in [-0.2, 0) is 21.4 Å². The number of aromatic nitrogens is 4. The first-order chi connectivity index (χ1) is 16.4. The predicted octanol–water partition coefficient (Wildman–Crippen LogP) is -0.262. The molecule has 0 aromatic carbocycles. The monoisotopic (exact) mass is 487 g/mol. The molecule has 0 radical (unpaired) electrons. The minimum absolute atomic E-state index is 0.0951. The smallest absolute Gasteiger partial charge is 0.282 e. The second-order valence-corrected chi connectivity index (χ2v) is 11.2. The quantitative estimate of drug-likeness (QED) is 0.601. The first-order valence-electron chi connectivity index (χ1n) is 11.8. The maximum Gasteiger partial charge on any atom is 0.282 e. The average Bonchev–Trinajstić information content (AvgIpc) is 3.15. The highest BCUT2D eigenvalue weighted by atomic mass is 32.2. The van der Waals surface area contributed by atoms with Gasteiger partial charge >= 0.3 is 0 Å². The fraction of sp³-hybridized carbons (Fsp3) is 0.619. The van der Waals surface area contributed by atoms with E-state index in [4.69, 9.17) is 20.4 Å². The van der Waals surface area contributed by atoms with E-state index in [-0.39, 0.29) is 18.0 Å². The van der Waals surface area contributed by atoms with Crippen molar-refractivity contribution in [3.05, 3.63) is 18.0 Å². The Hall–Kier alpha value is -2.61. The van der Waals surface area contributed by atoms with Gasteiger partial charge in [-0.15, -0.1) is 0 Å². The third-order valence-electron chi connectivity index (χ3n) is 7.16. The minimum Gasteiger partial charge on any atom is -0.377 e. The summed E-state index contributed by atoms with van der Waals surface area (Å²) < 4.78 is 34.2. The fourth-order valence-electron chi connectivity index (χ4n) is 4.96. The van der Waals surface area contributed by atoms with Gasteiger partial charge in [0, 0.05) is 62.8 Å². The molecule has 0 saturated carbocycles. The second kappa shape index (κ2) is 8.26. The van der Waals surface area contributed by atoms with Crippen molar-refractivity contribution in [3.8, 4) is 11.3 Å². The van der Waals surface area contributed by atoms with Gasteiger partial charge in [0.25, 0.3) is 10.2 Å². The Bertz CT molecular complexity index is 1180. The summed E-state index contributed by atoms with van der Waals surface area (Å²) in [5, 5.41) is 0. The van der Waals surface area contributed by atoms with Crippen molar-refractivity contribution in [1.82, 2.24) is 28.5 Å². The number of nitrogens with two attached hydrogens (primary N) is 1. The summed E-state index contributed by atoms with van der Waals surface area (Å²) in [6.07, 6.45) is 5.12. The molecule has 12 nitrogen and oxygen atoms in total. The molecule has 182 valence electrons. The number of ether oxygens (including phenoxy) is 1. The highest BCUT2D eigenvalue weighted by Crippen LogP contribution is 2.38. The van der Waals surface area contributed by atoms with E-state index in [0.717, 1.165) is 42.0 Å². The average molecular weight is 488 g/mol. The zero-order chi connectivity index (χ0) is 23.4. The molecule has 2 aromatic heterocycles. The lowest BCUT2D eigenvalue weighted by Crippen LogP contribution is -2.64. The lowest BCUT2D eigenvalue weighted by Gasteiger charge is -2.46. The maximum atomic E-state index is 12.7. The summed E-state index contributed by atoms with van der Waals surface area (Å²) in [5.74, 6) is 1.75. The molecule has 3 fully saturated rings. The Labute approximate surface area is 198 Å². The molecular formula is C21H29N9O3S. The standard InChI is InChI=1S/C21H29N9O3S/c1-14-13-33-8-7-29(14)21-25-18(15-9-23-20(22)24-10-15)17-3-6-30(19(17)26-21)16-11-28(12-16)34(31,32)27-4-2-5-27/h9-10,14,16H,2-8,11-13H2,1H3,(H2,22,23,24)/t14-/m0/s1. The van der Waals surface area contributed by atoms with Crippen molar-refractivity contribution >= 4 is 27.9 Å². The number of hydrogen-bond acceptors (Lipinski definition) is 10. The Balaban J connectivity index is 1.33. The van der Waals surface area contributed by atoms with Crippen molar-refractivity contribution in [2.75, 3.05) is 68.0 Å². The molecule has 3 saturated heterocycles. The molecule has 34 heavy (non-hydrogen) atoms. The third-order valence-corrected chi connectivity index (χ3v) is 9.12. The molecule has 6 heterocycles. The summed E-state index contributed by atoms with van der Waals surface area (Å²) in [6, 6.07) is 0.246. The van der Waals surface area contributed by atoms with Gasteiger partial charge in [-0.1, -0.05) is 0 Å². The summed E-state index contributed by atoms with van der Waals surface area (Å²) in [7, 11) is -3.34. The normalized spacial score (nSPS) is 24.1. The SMILES string of the molecule is C[C@H]1COCCN1c1nc(-c2cnc(N)nc2)c2c(n1)N(C1CN(S(=O)(=O)N3CCC3)C1)CC2. The van der Waals surface area contributed by atoms with Gasteiger partial charge in [-0.05, 0) is 19.8 Å². The topological polar surface area (TPSA) is 134 Å². The van der Waals surface area contributed by atoms with Crippen LogP contribution in [0.3, 0.4) is 0 Å². The number of hydrogen-bond donors (Lipinski definition) is 1. The molecule has 4 aliphatic heterocycles. The van der Waals surface area contributed by atoms with Crippen LogP contribution in [0.15, 0.2) is 12.4 Å². The molecule has 2 N–H and O–H groups in total. The van der Waals surface area contributed by atoms with Crippen LogP contribution in [0.5, 0.6) is 0 Å². The molecule has 0 aliphatic carbocycles. The van der Waals surface area contributed by atoms with Crippen molar-refractivity contribution in [1.29, 1.82) is 0 Å². The van der Waals surface area contributed by atoms with E-state index in [9.17, 15) is 8.42 Å². The molecule has 0 spiro atoms. The number of anilines is 3. The zero-order valence-electron chi connectivity index (χ0n) is 19.2. The van der Waals surface area contributed by atoms with Crippen LogP contribution >= 0.6 is 0 Å². The molecule has 6 rings (SSSR count). The van der Waals surface area contributed by atoms with E-state index in [1.807, 2.05) is 0 Å². The molecular weight excluding hydrogens is 458 g/mol. The maximum absolute atomic E-state index is 12.7. The Morgan fingerprint density at radius 1 is 1.03 bits per heavy atom. The van der Waals surface area contributed by atoms with E-state index in [1.165, 1.54) is 0 Å². The van der Waals surface area contributed by atoms with Crippen LogP contribution < -0.4 is 15.5 Å². The number of rotatable bonds is 5. The van der Waals surface area contributed by atoms with E-state index >= 15 is 0 Å². The Kier molecular flexibility index (Phi) is 5.32. The number of nitrogens with zero attached hydrogens (tertiary/aromatic N) is 8. The largest absolute Gasteiger partial charge is 0.377 e. The lowest BCUT2D eigenvalue weighted by molar-refractivity contribution is 0.0981. The number of morpholine rings is 1. The first kappa shape index (κ1) is 21.9.